The van der Waals surface area contributed by atoms with E-state index in [9.17, 15) is 14.4 Å². The zero-order valence-electron chi connectivity index (χ0n) is 19.2. The number of halogens is 1. The molecule has 9 heteroatoms. The number of rotatable bonds is 8. The first-order valence-electron chi connectivity index (χ1n) is 10.6. The van der Waals surface area contributed by atoms with E-state index in [-0.39, 0.29) is 31.2 Å². The maximum atomic E-state index is 13.0. The highest BCUT2D eigenvalue weighted by molar-refractivity contribution is 6.17. The molecule has 1 aliphatic rings. The van der Waals surface area contributed by atoms with E-state index in [4.69, 9.17) is 26.8 Å². The van der Waals surface area contributed by atoms with Crippen LogP contribution < -0.4 is 10.5 Å². The van der Waals surface area contributed by atoms with Crippen molar-refractivity contribution in [3.63, 3.8) is 0 Å². The van der Waals surface area contributed by atoms with Gasteiger partial charge in [0.2, 0.25) is 5.91 Å². The number of amides is 2. The minimum absolute atomic E-state index is 0.0252. The molecular formula is C24H28ClN3O5. The van der Waals surface area contributed by atoms with E-state index >= 15 is 0 Å². The van der Waals surface area contributed by atoms with Crippen molar-refractivity contribution in [2.24, 2.45) is 5.73 Å². The summed E-state index contributed by atoms with van der Waals surface area (Å²) in [6, 6.07) is 6.20. The van der Waals surface area contributed by atoms with Crippen LogP contribution in [0.4, 0.5) is 0 Å². The van der Waals surface area contributed by atoms with Gasteiger partial charge in [-0.15, -0.1) is 11.6 Å². The first kappa shape index (κ1) is 24.5. The first-order valence-corrected chi connectivity index (χ1v) is 11.1. The van der Waals surface area contributed by atoms with Crippen molar-refractivity contribution < 1.29 is 23.9 Å². The second-order valence-corrected chi connectivity index (χ2v) is 9.10. The number of carbonyl (C=O) groups is 3. The second kappa shape index (κ2) is 9.79. The quantitative estimate of drug-likeness (QED) is 0.464. The summed E-state index contributed by atoms with van der Waals surface area (Å²) in [4.78, 5) is 43.1. The molecule has 8 nitrogen and oxygen atoms in total. The first-order chi connectivity index (χ1) is 15.6. The molecule has 0 bridgehead atoms. The van der Waals surface area contributed by atoms with Crippen LogP contribution >= 0.6 is 11.6 Å². The average Bonchev–Trinajstić information content (AvgIpc) is 3.07. The molecule has 2 heterocycles. The maximum Gasteiger partial charge on any atom is 0.306 e. The van der Waals surface area contributed by atoms with Crippen LogP contribution in [0.5, 0.6) is 5.75 Å². The van der Waals surface area contributed by atoms with Crippen molar-refractivity contribution in [1.29, 1.82) is 0 Å². The minimum atomic E-state index is -0.923. The van der Waals surface area contributed by atoms with Crippen molar-refractivity contribution >= 4 is 29.4 Å². The van der Waals surface area contributed by atoms with E-state index in [2.05, 4.69) is 4.98 Å². The van der Waals surface area contributed by atoms with Gasteiger partial charge in [0.05, 0.1) is 13.0 Å². The summed E-state index contributed by atoms with van der Waals surface area (Å²) in [6.45, 7) is 5.49. The number of benzene rings is 1. The summed E-state index contributed by atoms with van der Waals surface area (Å²) in [5.74, 6) is -0.580. The van der Waals surface area contributed by atoms with Crippen LogP contribution in [-0.4, -0.2) is 46.4 Å². The van der Waals surface area contributed by atoms with Crippen LogP contribution in [0, 0.1) is 0 Å². The molecule has 2 amide bonds. The number of aromatic nitrogens is 1. The standard InChI is InChI=1S/C24H28ClN3O5/c1-24(2,3)33-19(29)8-7-18(22(26)30)28-13-16-11-14(5-6-17(16)23(28)31)20-21(32-4)15(12-25)9-10-27-20/h5-6,9-11,18H,7-8,12-13H2,1-4H3,(H2,26,30). The molecule has 3 rings (SSSR count). The average molecular weight is 474 g/mol. The van der Waals surface area contributed by atoms with Gasteiger partial charge in [-0.2, -0.15) is 0 Å². The molecule has 2 N–H and O–H groups in total. The molecule has 33 heavy (non-hydrogen) atoms. The highest BCUT2D eigenvalue weighted by Crippen LogP contribution is 2.35. The van der Waals surface area contributed by atoms with Gasteiger partial charge < -0.3 is 20.1 Å². The predicted molar refractivity (Wildman–Crippen MR) is 124 cm³/mol. The molecule has 1 aromatic heterocycles. The van der Waals surface area contributed by atoms with Crippen molar-refractivity contribution in [2.75, 3.05) is 7.11 Å². The van der Waals surface area contributed by atoms with Crippen LogP contribution in [-0.2, 0) is 26.8 Å². The van der Waals surface area contributed by atoms with Crippen molar-refractivity contribution in [2.45, 2.75) is 57.7 Å². The van der Waals surface area contributed by atoms with Gasteiger partial charge in [0.25, 0.3) is 5.91 Å². The molecule has 0 fully saturated rings. The SMILES string of the molecule is COc1c(CCl)ccnc1-c1ccc2c(c1)CN(C(CCC(=O)OC(C)(C)C)C(N)=O)C2=O. The summed E-state index contributed by atoms with van der Waals surface area (Å²) in [6.07, 6.45) is 1.71. The Balaban J connectivity index is 1.84. The molecule has 0 aliphatic carbocycles. The predicted octanol–water partition coefficient (Wildman–Crippen LogP) is 3.43. The number of fused-ring (bicyclic) bond motifs is 1. The Labute approximate surface area is 198 Å². The second-order valence-electron chi connectivity index (χ2n) is 8.83. The number of pyridine rings is 1. The fraction of sp³-hybridized carbons (Fsp3) is 0.417. The lowest BCUT2D eigenvalue weighted by molar-refractivity contribution is -0.155. The lowest BCUT2D eigenvalue weighted by Gasteiger charge is -2.25. The summed E-state index contributed by atoms with van der Waals surface area (Å²) < 4.78 is 10.8. The summed E-state index contributed by atoms with van der Waals surface area (Å²) in [5, 5.41) is 0. The summed E-state index contributed by atoms with van der Waals surface area (Å²) in [5.41, 5.74) is 8.36. The number of methoxy groups -OCH3 is 1. The summed E-state index contributed by atoms with van der Waals surface area (Å²) >= 11 is 6.02. The Bertz CT molecular complexity index is 1080. The lowest BCUT2D eigenvalue weighted by atomic mass is 10.0. The van der Waals surface area contributed by atoms with Gasteiger partial charge in [0.15, 0.2) is 0 Å². The number of nitrogens with two attached hydrogens (primary N) is 1. The molecule has 1 unspecified atom stereocenters. The fourth-order valence-electron chi connectivity index (χ4n) is 3.87. The third-order valence-electron chi connectivity index (χ3n) is 5.29. The van der Waals surface area contributed by atoms with Gasteiger partial charge in [-0.25, -0.2) is 0 Å². The molecule has 2 aromatic rings. The summed E-state index contributed by atoms with van der Waals surface area (Å²) in [7, 11) is 1.55. The molecule has 176 valence electrons. The number of ether oxygens (including phenoxy) is 2. The molecule has 1 aromatic carbocycles. The third kappa shape index (κ3) is 5.45. The lowest BCUT2D eigenvalue weighted by Crippen LogP contribution is -2.45. The molecule has 0 saturated heterocycles. The molecule has 1 aliphatic heterocycles. The Morgan fingerprint density at radius 2 is 2.00 bits per heavy atom. The Kier molecular flexibility index (Phi) is 7.27. The molecule has 0 saturated carbocycles. The number of hydrogen-bond acceptors (Lipinski definition) is 6. The van der Waals surface area contributed by atoms with Crippen LogP contribution in [0.3, 0.4) is 0 Å². The zero-order valence-corrected chi connectivity index (χ0v) is 19.9. The van der Waals surface area contributed by atoms with Gasteiger partial charge in [-0.05, 0) is 51.0 Å². The van der Waals surface area contributed by atoms with E-state index in [1.807, 2.05) is 6.07 Å². The van der Waals surface area contributed by atoms with Crippen LogP contribution in [0.1, 0.15) is 55.1 Å². The van der Waals surface area contributed by atoms with E-state index in [0.717, 1.165) is 16.7 Å². The van der Waals surface area contributed by atoms with Crippen molar-refractivity contribution in [1.82, 2.24) is 9.88 Å². The number of nitrogens with zero attached hydrogens (tertiary/aromatic N) is 2. The van der Waals surface area contributed by atoms with Gasteiger partial charge in [-0.3, -0.25) is 19.4 Å². The Morgan fingerprint density at radius 3 is 2.61 bits per heavy atom. The number of esters is 1. The van der Waals surface area contributed by atoms with E-state index < -0.39 is 23.5 Å². The molecule has 1 atom stereocenters. The van der Waals surface area contributed by atoms with Crippen LogP contribution in [0.2, 0.25) is 0 Å². The highest BCUT2D eigenvalue weighted by Gasteiger charge is 2.36. The third-order valence-corrected chi connectivity index (χ3v) is 5.58. The highest BCUT2D eigenvalue weighted by atomic mass is 35.5. The largest absolute Gasteiger partial charge is 0.494 e. The van der Waals surface area contributed by atoms with Gasteiger partial charge >= 0.3 is 5.97 Å². The van der Waals surface area contributed by atoms with Crippen molar-refractivity contribution in [3.05, 3.63) is 47.2 Å². The smallest absolute Gasteiger partial charge is 0.306 e. The molecule has 0 spiro atoms. The van der Waals surface area contributed by atoms with Gasteiger partial charge in [0, 0.05) is 35.9 Å². The zero-order chi connectivity index (χ0) is 24.3. The van der Waals surface area contributed by atoms with Crippen LogP contribution in [0.15, 0.2) is 30.5 Å². The number of alkyl halides is 1. The molecular weight excluding hydrogens is 446 g/mol. The van der Waals surface area contributed by atoms with E-state index in [0.29, 0.717) is 17.0 Å². The molecule has 0 radical (unpaired) electrons. The number of carbonyl (C=O) groups excluding carboxylic acids is 3. The van der Waals surface area contributed by atoms with Crippen molar-refractivity contribution in [3.8, 4) is 17.0 Å². The monoisotopic (exact) mass is 473 g/mol. The van der Waals surface area contributed by atoms with E-state index in [1.165, 1.54) is 4.90 Å². The fourth-order valence-corrected chi connectivity index (χ4v) is 4.08. The minimum Gasteiger partial charge on any atom is -0.494 e. The van der Waals surface area contributed by atoms with Crippen LogP contribution in [0.25, 0.3) is 11.3 Å². The number of hydrogen-bond donors (Lipinski definition) is 1. The number of primary amides is 1. The van der Waals surface area contributed by atoms with E-state index in [1.54, 1.807) is 52.3 Å². The van der Waals surface area contributed by atoms with Gasteiger partial charge in [-0.1, -0.05) is 6.07 Å². The Hall–Kier alpha value is -3.13. The normalized spacial score (nSPS) is 14.1. The maximum absolute atomic E-state index is 13.0. The topological polar surface area (TPSA) is 112 Å². The van der Waals surface area contributed by atoms with Gasteiger partial charge in [0.1, 0.15) is 23.1 Å². The Morgan fingerprint density at radius 1 is 1.27 bits per heavy atom.